The lowest BCUT2D eigenvalue weighted by atomic mass is 10.3. The zero-order valence-corrected chi connectivity index (χ0v) is 14.2. The van der Waals surface area contributed by atoms with Crippen LogP contribution < -0.4 is 15.4 Å². The van der Waals surface area contributed by atoms with Gasteiger partial charge in [0.25, 0.3) is 0 Å². The molecule has 0 radical (unpaired) electrons. The molecule has 0 unspecified atom stereocenters. The Hall–Kier alpha value is -2.61. The molecule has 0 aliphatic rings. The maximum atomic E-state index is 13.0. The van der Waals surface area contributed by atoms with Crippen LogP contribution in [0, 0.1) is 11.6 Å². The predicted octanol–water partition coefficient (Wildman–Crippen LogP) is 2.82. The fraction of sp³-hybridized carbons (Fsp3) is 0.176. The number of ether oxygens (including phenoxy) is 1. The number of hydrogen-bond donors (Lipinski definition) is 2. The van der Waals surface area contributed by atoms with Crippen molar-refractivity contribution >= 4 is 29.3 Å². The molecule has 0 saturated carbocycles. The van der Waals surface area contributed by atoms with Gasteiger partial charge in [-0.3, -0.25) is 9.59 Å². The standard InChI is InChI=1S/C17H16F2N2O3S/c1-24-12-3-5-13(6-4-12)25-10-17(23)20-9-16(22)21-11-2-7-14(18)15(19)8-11/h2-8H,9-10H2,1H3,(H,20,23)(H,21,22). The first-order chi connectivity index (χ1) is 12.0. The van der Waals surface area contributed by atoms with Gasteiger partial charge >= 0.3 is 0 Å². The molecule has 0 aromatic heterocycles. The lowest BCUT2D eigenvalue weighted by Crippen LogP contribution is -2.33. The molecule has 2 aromatic rings. The third kappa shape index (κ3) is 6.07. The summed E-state index contributed by atoms with van der Waals surface area (Å²) < 4.78 is 30.9. The number of carbonyl (C=O) groups excluding carboxylic acids is 2. The summed E-state index contributed by atoms with van der Waals surface area (Å²) in [5.74, 6) is -2.04. The Bertz CT molecular complexity index is 754. The first-order valence-electron chi connectivity index (χ1n) is 7.26. The van der Waals surface area contributed by atoms with Crippen molar-refractivity contribution in [2.45, 2.75) is 4.90 Å². The van der Waals surface area contributed by atoms with Crippen LogP contribution in [0.3, 0.4) is 0 Å². The van der Waals surface area contributed by atoms with Gasteiger partial charge in [-0.05, 0) is 36.4 Å². The Balaban J connectivity index is 1.73. The van der Waals surface area contributed by atoms with Gasteiger partial charge in [-0.2, -0.15) is 0 Å². The first kappa shape index (κ1) is 18.7. The van der Waals surface area contributed by atoms with Crippen molar-refractivity contribution in [2.24, 2.45) is 0 Å². The molecule has 0 spiro atoms. The van der Waals surface area contributed by atoms with Crippen LogP contribution in [0.25, 0.3) is 0 Å². The van der Waals surface area contributed by atoms with E-state index in [1.165, 1.54) is 17.8 Å². The normalized spacial score (nSPS) is 10.2. The van der Waals surface area contributed by atoms with Crippen LogP contribution in [0.15, 0.2) is 47.4 Å². The van der Waals surface area contributed by atoms with Crippen LogP contribution in [0.2, 0.25) is 0 Å². The highest BCUT2D eigenvalue weighted by Crippen LogP contribution is 2.20. The van der Waals surface area contributed by atoms with E-state index >= 15 is 0 Å². The second-order valence-electron chi connectivity index (χ2n) is 4.92. The third-order valence-electron chi connectivity index (χ3n) is 3.08. The van der Waals surface area contributed by atoms with Gasteiger partial charge in [-0.15, -0.1) is 11.8 Å². The van der Waals surface area contributed by atoms with Crippen LogP contribution in [0.1, 0.15) is 0 Å². The highest BCUT2D eigenvalue weighted by molar-refractivity contribution is 8.00. The Kier molecular flexibility index (Phi) is 6.76. The van der Waals surface area contributed by atoms with Crippen molar-refractivity contribution in [2.75, 3.05) is 24.7 Å². The van der Waals surface area contributed by atoms with Gasteiger partial charge in [0.1, 0.15) is 5.75 Å². The number of nitrogens with one attached hydrogen (secondary N) is 2. The van der Waals surface area contributed by atoms with Crippen molar-refractivity contribution in [1.29, 1.82) is 0 Å². The molecule has 8 heteroatoms. The van der Waals surface area contributed by atoms with Gasteiger partial charge in [-0.1, -0.05) is 0 Å². The maximum absolute atomic E-state index is 13.0. The lowest BCUT2D eigenvalue weighted by Gasteiger charge is -2.07. The van der Waals surface area contributed by atoms with E-state index < -0.39 is 17.5 Å². The summed E-state index contributed by atoms with van der Waals surface area (Å²) in [6.07, 6.45) is 0. The summed E-state index contributed by atoms with van der Waals surface area (Å²) >= 11 is 1.32. The fourth-order valence-electron chi connectivity index (χ4n) is 1.83. The number of carbonyl (C=O) groups is 2. The molecule has 0 saturated heterocycles. The molecule has 0 aliphatic heterocycles. The molecular formula is C17H16F2N2O3S. The molecule has 0 bridgehead atoms. The largest absolute Gasteiger partial charge is 0.497 e. The molecule has 0 atom stereocenters. The number of amides is 2. The van der Waals surface area contributed by atoms with Crippen molar-refractivity contribution in [3.63, 3.8) is 0 Å². The molecule has 2 amide bonds. The molecule has 5 nitrogen and oxygen atoms in total. The molecule has 0 heterocycles. The minimum absolute atomic E-state index is 0.116. The van der Waals surface area contributed by atoms with Gasteiger partial charge in [-0.25, -0.2) is 8.78 Å². The van der Waals surface area contributed by atoms with E-state index in [4.69, 9.17) is 4.74 Å². The second-order valence-corrected chi connectivity index (χ2v) is 5.97. The summed E-state index contributed by atoms with van der Waals surface area (Å²) in [5, 5.41) is 4.83. The number of benzene rings is 2. The second kappa shape index (κ2) is 9.03. The first-order valence-corrected chi connectivity index (χ1v) is 8.25. The number of hydrogen-bond acceptors (Lipinski definition) is 4. The van der Waals surface area contributed by atoms with E-state index in [-0.39, 0.29) is 23.9 Å². The zero-order chi connectivity index (χ0) is 18.2. The van der Waals surface area contributed by atoms with Crippen molar-refractivity contribution in [3.05, 3.63) is 54.1 Å². The minimum atomic E-state index is -1.06. The molecule has 2 rings (SSSR count). The van der Waals surface area contributed by atoms with E-state index in [1.807, 2.05) is 12.1 Å². The number of rotatable bonds is 7. The molecule has 25 heavy (non-hydrogen) atoms. The fourth-order valence-corrected chi connectivity index (χ4v) is 2.56. The van der Waals surface area contributed by atoms with Crippen LogP contribution in [-0.2, 0) is 9.59 Å². The molecule has 132 valence electrons. The average molecular weight is 366 g/mol. The van der Waals surface area contributed by atoms with E-state index in [1.54, 1.807) is 19.2 Å². The SMILES string of the molecule is COc1ccc(SCC(=O)NCC(=O)Nc2ccc(F)c(F)c2)cc1. The number of thioether (sulfide) groups is 1. The summed E-state index contributed by atoms with van der Waals surface area (Å²) in [5.41, 5.74) is 0.116. The maximum Gasteiger partial charge on any atom is 0.243 e. The minimum Gasteiger partial charge on any atom is -0.497 e. The number of methoxy groups -OCH3 is 1. The third-order valence-corrected chi connectivity index (χ3v) is 4.09. The Morgan fingerprint density at radius 1 is 1.04 bits per heavy atom. The van der Waals surface area contributed by atoms with Gasteiger partial charge in [0.2, 0.25) is 11.8 Å². The highest BCUT2D eigenvalue weighted by atomic mass is 32.2. The zero-order valence-electron chi connectivity index (χ0n) is 13.3. The van der Waals surface area contributed by atoms with Crippen LogP contribution in [-0.4, -0.2) is 31.2 Å². The van der Waals surface area contributed by atoms with Gasteiger partial charge in [0.05, 0.1) is 19.4 Å². The van der Waals surface area contributed by atoms with Gasteiger partial charge < -0.3 is 15.4 Å². The monoisotopic (exact) mass is 366 g/mol. The molecule has 2 aromatic carbocycles. The molecule has 0 fully saturated rings. The van der Waals surface area contributed by atoms with Gasteiger partial charge in [0.15, 0.2) is 11.6 Å². The lowest BCUT2D eigenvalue weighted by molar-refractivity contribution is -0.122. The van der Waals surface area contributed by atoms with E-state index in [0.29, 0.717) is 0 Å². The van der Waals surface area contributed by atoms with Crippen LogP contribution in [0.5, 0.6) is 5.75 Å². The van der Waals surface area contributed by atoms with Gasteiger partial charge in [0, 0.05) is 16.6 Å². The highest BCUT2D eigenvalue weighted by Gasteiger charge is 2.08. The van der Waals surface area contributed by atoms with Crippen molar-refractivity contribution < 1.29 is 23.1 Å². The molecule has 0 aliphatic carbocycles. The number of halogens is 2. The van der Waals surface area contributed by atoms with E-state index in [2.05, 4.69) is 10.6 Å². The smallest absolute Gasteiger partial charge is 0.243 e. The quantitative estimate of drug-likeness (QED) is 0.740. The van der Waals surface area contributed by atoms with E-state index in [9.17, 15) is 18.4 Å². The topological polar surface area (TPSA) is 67.4 Å². The predicted molar refractivity (Wildman–Crippen MR) is 91.7 cm³/mol. The summed E-state index contributed by atoms with van der Waals surface area (Å²) in [6, 6.07) is 10.2. The summed E-state index contributed by atoms with van der Waals surface area (Å²) in [6.45, 7) is -0.263. The van der Waals surface area contributed by atoms with Crippen LogP contribution in [0.4, 0.5) is 14.5 Å². The molecule has 2 N–H and O–H groups in total. The average Bonchev–Trinajstić information content (AvgIpc) is 2.61. The summed E-state index contributed by atoms with van der Waals surface area (Å²) in [4.78, 5) is 24.3. The van der Waals surface area contributed by atoms with Crippen LogP contribution >= 0.6 is 11.8 Å². The van der Waals surface area contributed by atoms with E-state index in [0.717, 1.165) is 22.8 Å². The Labute approximate surface area is 147 Å². The Morgan fingerprint density at radius 3 is 2.40 bits per heavy atom. The van der Waals surface area contributed by atoms with Crippen molar-refractivity contribution in [3.8, 4) is 5.75 Å². The summed E-state index contributed by atoms with van der Waals surface area (Å²) in [7, 11) is 1.57. The number of anilines is 1. The van der Waals surface area contributed by atoms with Crippen molar-refractivity contribution in [1.82, 2.24) is 5.32 Å². The molecular weight excluding hydrogens is 350 g/mol. The Morgan fingerprint density at radius 2 is 1.76 bits per heavy atom.